The van der Waals surface area contributed by atoms with Gasteiger partial charge in [-0.05, 0) is 35.6 Å². The highest BCUT2D eigenvalue weighted by Gasteiger charge is 2.39. The first kappa shape index (κ1) is 12.6. The molecule has 1 aliphatic carbocycles. The molecule has 0 unspecified atom stereocenters. The summed E-state index contributed by atoms with van der Waals surface area (Å²) in [5.74, 6) is 0.835. The fourth-order valence-corrected chi connectivity index (χ4v) is 3.54. The number of benzene rings is 1. The number of ether oxygens (including phenoxy) is 1. The third kappa shape index (κ3) is 2.13. The number of rotatable bonds is 1. The van der Waals surface area contributed by atoms with Gasteiger partial charge in [0.15, 0.2) is 5.90 Å². The molecule has 0 fully saturated rings. The summed E-state index contributed by atoms with van der Waals surface area (Å²) in [6.07, 6.45) is 6.87. The first-order chi connectivity index (χ1) is 10.3. The van der Waals surface area contributed by atoms with Crippen molar-refractivity contribution in [1.29, 1.82) is 0 Å². The van der Waals surface area contributed by atoms with E-state index in [-0.39, 0.29) is 5.54 Å². The van der Waals surface area contributed by atoms with E-state index >= 15 is 0 Å². The van der Waals surface area contributed by atoms with Crippen molar-refractivity contribution in [3.8, 4) is 11.1 Å². The standard InChI is InChI=1S/C18H18N2O/c1-13-20-18(12-21-13)8-7-17-14(10-18)4-2-6-16(17)15-5-3-9-19-11-15/h2-6,9,11H,7-8,10,12H2,1H3/t18-/m0/s1. The van der Waals surface area contributed by atoms with Crippen LogP contribution < -0.4 is 0 Å². The maximum absolute atomic E-state index is 5.62. The molecule has 21 heavy (non-hydrogen) atoms. The van der Waals surface area contributed by atoms with Crippen LogP contribution in [0.25, 0.3) is 11.1 Å². The van der Waals surface area contributed by atoms with E-state index in [1.807, 2.05) is 25.4 Å². The van der Waals surface area contributed by atoms with Crippen molar-refractivity contribution in [2.24, 2.45) is 4.99 Å². The Hall–Kier alpha value is -2.16. The molecule has 1 aromatic carbocycles. The van der Waals surface area contributed by atoms with Gasteiger partial charge in [0, 0.05) is 31.3 Å². The molecule has 0 N–H and O–H groups in total. The Labute approximate surface area is 124 Å². The van der Waals surface area contributed by atoms with Crippen molar-refractivity contribution in [1.82, 2.24) is 4.98 Å². The zero-order valence-electron chi connectivity index (χ0n) is 12.2. The van der Waals surface area contributed by atoms with Gasteiger partial charge in [-0.15, -0.1) is 0 Å². The van der Waals surface area contributed by atoms with Crippen molar-refractivity contribution in [3.05, 3.63) is 53.9 Å². The molecule has 0 bridgehead atoms. The zero-order chi connectivity index (χ0) is 14.3. The van der Waals surface area contributed by atoms with E-state index in [1.54, 1.807) is 0 Å². The van der Waals surface area contributed by atoms with E-state index in [4.69, 9.17) is 9.73 Å². The maximum atomic E-state index is 5.62. The smallest absolute Gasteiger partial charge is 0.180 e. The Kier molecular flexibility index (Phi) is 2.81. The number of fused-ring (bicyclic) bond motifs is 1. The summed E-state index contributed by atoms with van der Waals surface area (Å²) in [6, 6.07) is 10.7. The monoisotopic (exact) mass is 278 g/mol. The molecule has 0 saturated heterocycles. The molecule has 3 heteroatoms. The highest BCUT2D eigenvalue weighted by atomic mass is 16.5. The number of hydrogen-bond acceptors (Lipinski definition) is 3. The minimum absolute atomic E-state index is 0.0232. The second kappa shape index (κ2) is 4.69. The van der Waals surface area contributed by atoms with Gasteiger partial charge in [0.1, 0.15) is 12.1 Å². The molecule has 106 valence electrons. The molecule has 3 nitrogen and oxygen atoms in total. The highest BCUT2D eigenvalue weighted by molar-refractivity contribution is 5.76. The minimum atomic E-state index is -0.0232. The Morgan fingerprint density at radius 3 is 2.90 bits per heavy atom. The number of nitrogens with zero attached hydrogens (tertiary/aromatic N) is 2. The molecule has 1 aliphatic heterocycles. The maximum Gasteiger partial charge on any atom is 0.180 e. The first-order valence-electron chi connectivity index (χ1n) is 7.46. The molecular weight excluding hydrogens is 260 g/mol. The van der Waals surface area contributed by atoms with Crippen LogP contribution in [0.15, 0.2) is 47.7 Å². The lowest BCUT2D eigenvalue weighted by atomic mass is 9.77. The van der Waals surface area contributed by atoms with E-state index < -0.39 is 0 Å². The van der Waals surface area contributed by atoms with E-state index in [9.17, 15) is 0 Å². The van der Waals surface area contributed by atoms with Crippen molar-refractivity contribution in [2.45, 2.75) is 31.7 Å². The van der Waals surface area contributed by atoms with E-state index in [0.717, 1.165) is 31.8 Å². The SMILES string of the molecule is CC1=N[C@]2(CCc3c(cccc3-c3cccnc3)C2)CO1. The topological polar surface area (TPSA) is 34.5 Å². The third-order valence-electron chi connectivity index (χ3n) is 4.55. The Bertz CT molecular complexity index is 708. The highest BCUT2D eigenvalue weighted by Crippen LogP contribution is 2.38. The van der Waals surface area contributed by atoms with Gasteiger partial charge in [0.2, 0.25) is 0 Å². The molecule has 2 aliphatic rings. The summed E-state index contributed by atoms with van der Waals surface area (Å²) in [7, 11) is 0. The Morgan fingerprint density at radius 2 is 2.14 bits per heavy atom. The zero-order valence-corrected chi connectivity index (χ0v) is 12.2. The molecule has 0 amide bonds. The van der Waals surface area contributed by atoms with Crippen LogP contribution in [0.5, 0.6) is 0 Å². The van der Waals surface area contributed by atoms with E-state index in [0.29, 0.717) is 0 Å². The van der Waals surface area contributed by atoms with Crippen LogP contribution in [0.1, 0.15) is 24.5 Å². The number of hydrogen-bond donors (Lipinski definition) is 0. The van der Waals surface area contributed by atoms with Crippen LogP contribution in [-0.4, -0.2) is 23.0 Å². The van der Waals surface area contributed by atoms with Crippen LogP contribution in [0.3, 0.4) is 0 Å². The minimum Gasteiger partial charge on any atom is -0.479 e. The summed E-state index contributed by atoms with van der Waals surface area (Å²) < 4.78 is 5.62. The van der Waals surface area contributed by atoms with Crippen LogP contribution >= 0.6 is 0 Å². The number of aromatic nitrogens is 1. The molecule has 0 saturated carbocycles. The predicted molar refractivity (Wildman–Crippen MR) is 83.5 cm³/mol. The lowest BCUT2D eigenvalue weighted by Crippen LogP contribution is -2.35. The second-order valence-corrected chi connectivity index (χ2v) is 6.01. The van der Waals surface area contributed by atoms with Crippen molar-refractivity contribution in [2.75, 3.05) is 6.61 Å². The van der Waals surface area contributed by atoms with Crippen LogP contribution in [0, 0.1) is 0 Å². The number of pyridine rings is 1. The summed E-state index contributed by atoms with van der Waals surface area (Å²) in [5.41, 5.74) is 5.35. The molecule has 1 aromatic heterocycles. The summed E-state index contributed by atoms with van der Waals surface area (Å²) in [5, 5.41) is 0. The second-order valence-electron chi connectivity index (χ2n) is 6.01. The molecule has 4 rings (SSSR count). The quantitative estimate of drug-likeness (QED) is 0.801. The fourth-order valence-electron chi connectivity index (χ4n) is 3.54. The normalized spacial score (nSPS) is 23.6. The van der Waals surface area contributed by atoms with Gasteiger partial charge in [-0.1, -0.05) is 24.3 Å². The average molecular weight is 278 g/mol. The summed E-state index contributed by atoms with van der Waals surface area (Å²) >= 11 is 0. The van der Waals surface area contributed by atoms with Gasteiger partial charge >= 0.3 is 0 Å². The lowest BCUT2D eigenvalue weighted by molar-refractivity contribution is 0.236. The predicted octanol–water partition coefficient (Wildman–Crippen LogP) is 3.42. The molecule has 1 atom stereocenters. The van der Waals surface area contributed by atoms with Crippen LogP contribution in [0.4, 0.5) is 0 Å². The summed E-state index contributed by atoms with van der Waals surface area (Å²) in [4.78, 5) is 9.01. The molecule has 0 radical (unpaired) electrons. The van der Waals surface area contributed by atoms with E-state index in [2.05, 4.69) is 29.2 Å². The Morgan fingerprint density at radius 1 is 1.19 bits per heavy atom. The van der Waals surface area contributed by atoms with E-state index in [1.165, 1.54) is 22.3 Å². The van der Waals surface area contributed by atoms with Gasteiger partial charge < -0.3 is 4.74 Å². The molecule has 1 spiro atoms. The largest absolute Gasteiger partial charge is 0.479 e. The lowest BCUT2D eigenvalue weighted by Gasteiger charge is -2.31. The third-order valence-corrected chi connectivity index (χ3v) is 4.55. The van der Waals surface area contributed by atoms with Gasteiger partial charge in [-0.2, -0.15) is 0 Å². The molecule has 2 aromatic rings. The molecule has 2 heterocycles. The van der Waals surface area contributed by atoms with Crippen molar-refractivity contribution < 1.29 is 4.74 Å². The average Bonchev–Trinajstić information content (AvgIpc) is 2.88. The van der Waals surface area contributed by atoms with Gasteiger partial charge in [0.05, 0.1) is 0 Å². The van der Waals surface area contributed by atoms with Gasteiger partial charge in [-0.25, -0.2) is 4.99 Å². The Balaban J connectivity index is 1.75. The van der Waals surface area contributed by atoms with Gasteiger partial charge in [0.25, 0.3) is 0 Å². The van der Waals surface area contributed by atoms with Crippen molar-refractivity contribution >= 4 is 5.90 Å². The van der Waals surface area contributed by atoms with Gasteiger partial charge in [-0.3, -0.25) is 4.98 Å². The summed E-state index contributed by atoms with van der Waals surface area (Å²) in [6.45, 7) is 2.69. The van der Waals surface area contributed by atoms with Crippen LogP contribution in [-0.2, 0) is 17.6 Å². The fraction of sp³-hybridized carbons (Fsp3) is 0.333. The van der Waals surface area contributed by atoms with Crippen LogP contribution in [0.2, 0.25) is 0 Å². The number of aliphatic imine (C=N–C) groups is 1. The molecular formula is C18H18N2O. The first-order valence-corrected chi connectivity index (χ1v) is 7.46. The van der Waals surface area contributed by atoms with Crippen molar-refractivity contribution in [3.63, 3.8) is 0 Å².